The molecule has 2 N–H and O–H groups in total. The Hall–Kier alpha value is -2.04. The first-order valence-electron chi connectivity index (χ1n) is 6.38. The summed E-state index contributed by atoms with van der Waals surface area (Å²) in [5.74, 6) is -0.916. The van der Waals surface area contributed by atoms with Crippen LogP contribution < -0.4 is 10.2 Å². The van der Waals surface area contributed by atoms with Crippen molar-refractivity contribution < 1.29 is 14.7 Å². The molecule has 0 unspecified atom stereocenters. The molecule has 0 aromatic heterocycles. The number of hydrogen-bond acceptors (Lipinski definition) is 2. The van der Waals surface area contributed by atoms with Crippen LogP contribution in [0.3, 0.4) is 0 Å². The molecule has 1 rings (SSSR count). The van der Waals surface area contributed by atoms with Crippen LogP contribution in [0.4, 0.5) is 10.5 Å². The van der Waals surface area contributed by atoms with Gasteiger partial charge < -0.3 is 10.4 Å². The van der Waals surface area contributed by atoms with E-state index < -0.39 is 5.97 Å². The van der Waals surface area contributed by atoms with Crippen molar-refractivity contribution in [2.24, 2.45) is 0 Å². The van der Waals surface area contributed by atoms with Gasteiger partial charge in [0, 0.05) is 18.8 Å². The molecule has 19 heavy (non-hydrogen) atoms. The van der Waals surface area contributed by atoms with Crippen LogP contribution in [-0.4, -0.2) is 30.2 Å². The van der Waals surface area contributed by atoms with Gasteiger partial charge >= 0.3 is 12.0 Å². The topological polar surface area (TPSA) is 69.6 Å². The Labute approximate surface area is 113 Å². The van der Waals surface area contributed by atoms with E-state index in [1.807, 2.05) is 38.1 Å². The predicted octanol–water partition coefficient (Wildman–Crippen LogP) is 2.40. The number of aliphatic carboxylic acids is 1. The van der Waals surface area contributed by atoms with Crippen LogP contribution in [0.2, 0.25) is 0 Å². The van der Waals surface area contributed by atoms with Crippen molar-refractivity contribution in [3.05, 3.63) is 29.8 Å². The number of carboxylic acids is 1. The van der Waals surface area contributed by atoms with Crippen molar-refractivity contribution in [3.8, 4) is 0 Å². The summed E-state index contributed by atoms with van der Waals surface area (Å²) in [7, 11) is 0. The van der Waals surface area contributed by atoms with E-state index in [9.17, 15) is 9.59 Å². The normalized spacial score (nSPS) is 10.0. The van der Waals surface area contributed by atoms with Crippen LogP contribution in [0.15, 0.2) is 24.3 Å². The monoisotopic (exact) mass is 264 g/mol. The number of amides is 2. The Kier molecular flexibility index (Phi) is 5.85. The highest BCUT2D eigenvalue weighted by atomic mass is 16.4. The third-order valence-corrected chi connectivity index (χ3v) is 2.67. The van der Waals surface area contributed by atoms with E-state index in [1.54, 1.807) is 0 Å². The molecule has 0 heterocycles. The highest BCUT2D eigenvalue weighted by Gasteiger charge is 2.16. The molecule has 1 aromatic rings. The summed E-state index contributed by atoms with van der Waals surface area (Å²) in [4.78, 5) is 24.2. The molecule has 0 saturated carbocycles. The number of carboxylic acid groups (broad SMARTS) is 1. The first-order chi connectivity index (χ1) is 9.04. The van der Waals surface area contributed by atoms with Crippen molar-refractivity contribution in [1.29, 1.82) is 0 Å². The first kappa shape index (κ1) is 15.0. The van der Waals surface area contributed by atoms with Gasteiger partial charge in [-0.05, 0) is 25.5 Å². The van der Waals surface area contributed by atoms with E-state index in [-0.39, 0.29) is 19.0 Å². The predicted molar refractivity (Wildman–Crippen MR) is 74.5 cm³/mol. The molecular formula is C14H20N2O3. The number of aryl methyl sites for hydroxylation is 1. The van der Waals surface area contributed by atoms with Crippen LogP contribution in [0.25, 0.3) is 0 Å². The van der Waals surface area contributed by atoms with E-state index in [0.29, 0.717) is 12.2 Å². The number of nitrogens with zero attached hydrogens (tertiary/aromatic N) is 1. The summed E-state index contributed by atoms with van der Waals surface area (Å²) >= 11 is 0. The largest absolute Gasteiger partial charge is 0.481 e. The second-order valence-corrected chi connectivity index (χ2v) is 4.36. The lowest BCUT2D eigenvalue weighted by atomic mass is 10.2. The van der Waals surface area contributed by atoms with Gasteiger partial charge in [-0.15, -0.1) is 0 Å². The van der Waals surface area contributed by atoms with Crippen LogP contribution >= 0.6 is 0 Å². The van der Waals surface area contributed by atoms with Crippen molar-refractivity contribution in [2.75, 3.05) is 18.0 Å². The third kappa shape index (κ3) is 4.99. The SMILES string of the molecule is CCCNC(=O)N(CCC(=O)O)c1ccc(C)cc1. The van der Waals surface area contributed by atoms with E-state index in [0.717, 1.165) is 12.0 Å². The fraction of sp³-hybridized carbons (Fsp3) is 0.429. The number of hydrogen-bond donors (Lipinski definition) is 2. The Bertz CT molecular complexity index is 429. The Morgan fingerprint density at radius 3 is 2.42 bits per heavy atom. The van der Waals surface area contributed by atoms with Crippen molar-refractivity contribution >= 4 is 17.7 Å². The van der Waals surface area contributed by atoms with Crippen molar-refractivity contribution in [2.45, 2.75) is 26.7 Å². The van der Waals surface area contributed by atoms with Crippen LogP contribution in [0.5, 0.6) is 0 Å². The van der Waals surface area contributed by atoms with Crippen LogP contribution in [-0.2, 0) is 4.79 Å². The molecule has 5 heteroatoms. The van der Waals surface area contributed by atoms with Gasteiger partial charge in [0.2, 0.25) is 0 Å². The summed E-state index contributed by atoms with van der Waals surface area (Å²) in [6.45, 7) is 4.67. The molecule has 0 aliphatic heterocycles. The second kappa shape index (κ2) is 7.41. The molecule has 0 aliphatic carbocycles. The maximum atomic E-state index is 12.0. The van der Waals surface area contributed by atoms with Gasteiger partial charge in [0.05, 0.1) is 6.42 Å². The quantitative estimate of drug-likeness (QED) is 0.829. The lowest BCUT2D eigenvalue weighted by Gasteiger charge is -2.22. The van der Waals surface area contributed by atoms with Crippen LogP contribution in [0.1, 0.15) is 25.3 Å². The van der Waals surface area contributed by atoms with E-state index in [4.69, 9.17) is 5.11 Å². The van der Waals surface area contributed by atoms with Gasteiger partial charge in [0.15, 0.2) is 0 Å². The minimum Gasteiger partial charge on any atom is -0.481 e. The fourth-order valence-electron chi connectivity index (χ4n) is 1.61. The minimum absolute atomic E-state index is 0.0760. The molecule has 104 valence electrons. The first-order valence-corrected chi connectivity index (χ1v) is 6.38. The van der Waals surface area contributed by atoms with Crippen LogP contribution in [0, 0.1) is 6.92 Å². The van der Waals surface area contributed by atoms with Crippen molar-refractivity contribution in [3.63, 3.8) is 0 Å². The zero-order valence-electron chi connectivity index (χ0n) is 11.3. The van der Waals surface area contributed by atoms with E-state index in [2.05, 4.69) is 5.32 Å². The fourth-order valence-corrected chi connectivity index (χ4v) is 1.61. The number of nitrogens with one attached hydrogen (secondary N) is 1. The maximum absolute atomic E-state index is 12.0. The number of carbonyl (C=O) groups excluding carboxylic acids is 1. The van der Waals surface area contributed by atoms with Gasteiger partial charge in [-0.3, -0.25) is 9.69 Å². The summed E-state index contributed by atoms with van der Waals surface area (Å²) in [6.07, 6.45) is 0.764. The molecule has 0 spiro atoms. The number of benzene rings is 1. The number of rotatable bonds is 6. The Morgan fingerprint density at radius 1 is 1.26 bits per heavy atom. The molecule has 0 aliphatic rings. The van der Waals surface area contributed by atoms with Gasteiger partial charge in [-0.25, -0.2) is 4.79 Å². The summed E-state index contributed by atoms with van der Waals surface area (Å²) in [5.41, 5.74) is 1.80. The summed E-state index contributed by atoms with van der Waals surface area (Å²) < 4.78 is 0. The van der Waals surface area contributed by atoms with E-state index >= 15 is 0 Å². The standard InChI is InChI=1S/C14H20N2O3/c1-3-9-15-14(19)16(10-8-13(17)18)12-6-4-11(2)5-7-12/h4-7H,3,8-10H2,1-2H3,(H,15,19)(H,17,18). The molecule has 0 saturated heterocycles. The highest BCUT2D eigenvalue weighted by Crippen LogP contribution is 2.15. The van der Waals surface area contributed by atoms with Gasteiger partial charge in [-0.1, -0.05) is 24.6 Å². The maximum Gasteiger partial charge on any atom is 0.321 e. The van der Waals surface area contributed by atoms with E-state index in [1.165, 1.54) is 4.90 Å². The summed E-state index contributed by atoms with van der Waals surface area (Å²) in [5, 5.41) is 11.5. The average Bonchev–Trinajstić information content (AvgIpc) is 2.38. The smallest absolute Gasteiger partial charge is 0.321 e. The molecule has 5 nitrogen and oxygen atoms in total. The average molecular weight is 264 g/mol. The van der Waals surface area contributed by atoms with Gasteiger partial charge in [-0.2, -0.15) is 0 Å². The molecular weight excluding hydrogens is 244 g/mol. The number of urea groups is 1. The Balaban J connectivity index is 2.81. The molecule has 0 radical (unpaired) electrons. The number of anilines is 1. The number of carbonyl (C=O) groups is 2. The zero-order chi connectivity index (χ0) is 14.3. The zero-order valence-corrected chi connectivity index (χ0v) is 11.3. The lowest BCUT2D eigenvalue weighted by Crippen LogP contribution is -2.41. The van der Waals surface area contributed by atoms with Gasteiger partial charge in [0.1, 0.15) is 0 Å². The lowest BCUT2D eigenvalue weighted by molar-refractivity contribution is -0.136. The molecule has 0 atom stereocenters. The molecule has 0 fully saturated rings. The third-order valence-electron chi connectivity index (χ3n) is 2.67. The summed E-state index contributed by atoms with van der Waals surface area (Å²) in [6, 6.07) is 7.18. The Morgan fingerprint density at radius 2 is 1.89 bits per heavy atom. The molecule has 0 bridgehead atoms. The molecule has 1 aromatic carbocycles. The highest BCUT2D eigenvalue weighted by molar-refractivity contribution is 5.92. The second-order valence-electron chi connectivity index (χ2n) is 4.36. The van der Waals surface area contributed by atoms with Crippen molar-refractivity contribution in [1.82, 2.24) is 5.32 Å². The molecule has 2 amide bonds. The van der Waals surface area contributed by atoms with Gasteiger partial charge in [0.25, 0.3) is 0 Å². The minimum atomic E-state index is -0.916.